The van der Waals surface area contributed by atoms with Crippen molar-refractivity contribution in [2.24, 2.45) is 5.92 Å². The first-order valence-corrected chi connectivity index (χ1v) is 6.48. The molecular formula is C12H22N4O. The molecule has 0 radical (unpaired) electrons. The van der Waals surface area contributed by atoms with Crippen LogP contribution in [0, 0.1) is 5.92 Å². The molecule has 1 aromatic heterocycles. The summed E-state index contributed by atoms with van der Waals surface area (Å²) in [6.07, 6.45) is 3.38. The molecule has 1 fully saturated rings. The molecule has 17 heavy (non-hydrogen) atoms. The number of hydrogen-bond donors (Lipinski definition) is 1. The van der Waals surface area contributed by atoms with Crippen molar-refractivity contribution in [3.05, 3.63) is 11.7 Å². The van der Waals surface area contributed by atoms with E-state index in [1.54, 1.807) is 0 Å². The molecule has 96 valence electrons. The van der Waals surface area contributed by atoms with Gasteiger partial charge in [0.15, 0.2) is 5.82 Å². The van der Waals surface area contributed by atoms with Crippen LogP contribution in [0.2, 0.25) is 0 Å². The van der Waals surface area contributed by atoms with Crippen LogP contribution in [-0.2, 0) is 13.0 Å². The van der Waals surface area contributed by atoms with Crippen molar-refractivity contribution in [2.45, 2.75) is 32.7 Å². The minimum Gasteiger partial charge on any atom is -0.338 e. The summed E-state index contributed by atoms with van der Waals surface area (Å²) in [5.41, 5.74) is 0. The summed E-state index contributed by atoms with van der Waals surface area (Å²) in [4.78, 5) is 6.61. The molecule has 0 unspecified atom stereocenters. The summed E-state index contributed by atoms with van der Waals surface area (Å²) in [5, 5.41) is 7.30. The Kier molecular flexibility index (Phi) is 4.50. The van der Waals surface area contributed by atoms with Gasteiger partial charge in [-0.05, 0) is 38.9 Å². The second-order valence-electron chi connectivity index (χ2n) is 4.85. The van der Waals surface area contributed by atoms with Crippen LogP contribution < -0.4 is 5.32 Å². The fourth-order valence-electron chi connectivity index (χ4n) is 2.30. The molecule has 0 aliphatic carbocycles. The van der Waals surface area contributed by atoms with Gasteiger partial charge in [-0.25, -0.2) is 0 Å². The van der Waals surface area contributed by atoms with E-state index in [1.807, 2.05) is 6.92 Å². The number of aryl methyl sites for hydroxylation is 1. The zero-order chi connectivity index (χ0) is 12.1. The summed E-state index contributed by atoms with van der Waals surface area (Å²) in [6.45, 7) is 6.22. The predicted molar refractivity (Wildman–Crippen MR) is 65.6 cm³/mol. The Balaban J connectivity index is 1.77. The molecule has 0 aromatic carbocycles. The van der Waals surface area contributed by atoms with Gasteiger partial charge in [-0.2, -0.15) is 4.98 Å². The van der Waals surface area contributed by atoms with Gasteiger partial charge in [0.05, 0.1) is 6.54 Å². The fraction of sp³-hybridized carbons (Fsp3) is 0.833. The Morgan fingerprint density at radius 1 is 1.41 bits per heavy atom. The Morgan fingerprint density at radius 3 is 2.82 bits per heavy atom. The third-order valence-electron chi connectivity index (χ3n) is 3.26. The average Bonchev–Trinajstić information content (AvgIpc) is 2.78. The monoisotopic (exact) mass is 238 g/mol. The van der Waals surface area contributed by atoms with E-state index in [-0.39, 0.29) is 0 Å². The lowest BCUT2D eigenvalue weighted by Crippen LogP contribution is -2.34. The summed E-state index contributed by atoms with van der Waals surface area (Å²) < 4.78 is 5.20. The molecule has 0 bridgehead atoms. The van der Waals surface area contributed by atoms with Gasteiger partial charge in [-0.1, -0.05) is 12.1 Å². The molecule has 1 aliphatic rings. The molecule has 0 spiro atoms. The molecule has 1 N–H and O–H groups in total. The minimum absolute atomic E-state index is 0.735. The zero-order valence-corrected chi connectivity index (χ0v) is 10.8. The van der Waals surface area contributed by atoms with Gasteiger partial charge < -0.3 is 9.84 Å². The molecule has 1 saturated heterocycles. The quantitative estimate of drug-likeness (QED) is 0.831. The highest BCUT2D eigenvalue weighted by Gasteiger charge is 2.16. The lowest BCUT2D eigenvalue weighted by molar-refractivity contribution is 0.210. The van der Waals surface area contributed by atoms with Crippen molar-refractivity contribution in [2.75, 3.05) is 26.7 Å². The summed E-state index contributed by atoms with van der Waals surface area (Å²) >= 11 is 0. The first-order chi connectivity index (χ1) is 8.28. The molecule has 0 saturated carbocycles. The lowest BCUT2D eigenvalue weighted by atomic mass is 9.98. The van der Waals surface area contributed by atoms with E-state index >= 15 is 0 Å². The molecule has 1 aromatic rings. The van der Waals surface area contributed by atoms with Gasteiger partial charge in [-0.3, -0.25) is 4.90 Å². The van der Waals surface area contributed by atoms with E-state index in [9.17, 15) is 0 Å². The van der Waals surface area contributed by atoms with Gasteiger partial charge >= 0.3 is 0 Å². The maximum absolute atomic E-state index is 5.20. The molecule has 0 amide bonds. The number of rotatable bonds is 5. The Hall–Kier alpha value is -0.940. The van der Waals surface area contributed by atoms with Crippen LogP contribution in [0.4, 0.5) is 0 Å². The standard InChI is InChI=1S/C12H22N4O/c1-3-11-14-12(17-15-11)9-16(2)8-10-4-6-13-7-5-10/h10,13H,3-9H2,1-2H3. The van der Waals surface area contributed by atoms with E-state index in [1.165, 1.54) is 12.8 Å². The second-order valence-corrected chi connectivity index (χ2v) is 4.85. The maximum atomic E-state index is 5.20. The Bertz CT molecular complexity index is 333. The summed E-state index contributed by atoms with van der Waals surface area (Å²) in [5.74, 6) is 2.34. The van der Waals surface area contributed by atoms with Crippen LogP contribution in [0.1, 0.15) is 31.5 Å². The highest BCUT2D eigenvalue weighted by Crippen LogP contribution is 2.13. The van der Waals surface area contributed by atoms with Gasteiger partial charge in [-0.15, -0.1) is 0 Å². The number of hydrogen-bond acceptors (Lipinski definition) is 5. The van der Waals surface area contributed by atoms with E-state index in [4.69, 9.17) is 4.52 Å². The molecule has 1 aliphatic heterocycles. The maximum Gasteiger partial charge on any atom is 0.240 e. The fourth-order valence-corrected chi connectivity index (χ4v) is 2.30. The predicted octanol–water partition coefficient (Wildman–Crippen LogP) is 1.06. The van der Waals surface area contributed by atoms with Crippen molar-refractivity contribution in [1.82, 2.24) is 20.4 Å². The zero-order valence-electron chi connectivity index (χ0n) is 10.8. The van der Waals surface area contributed by atoms with Crippen molar-refractivity contribution in [1.29, 1.82) is 0 Å². The molecule has 2 rings (SSSR count). The third-order valence-corrected chi connectivity index (χ3v) is 3.26. The molecule has 2 heterocycles. The third kappa shape index (κ3) is 3.78. The first kappa shape index (κ1) is 12.5. The van der Waals surface area contributed by atoms with Gasteiger partial charge in [0, 0.05) is 13.0 Å². The highest BCUT2D eigenvalue weighted by molar-refractivity contribution is 4.85. The minimum atomic E-state index is 0.735. The van der Waals surface area contributed by atoms with Crippen molar-refractivity contribution in [3.8, 4) is 0 Å². The van der Waals surface area contributed by atoms with E-state index < -0.39 is 0 Å². The smallest absolute Gasteiger partial charge is 0.240 e. The Labute approximate surface area is 103 Å². The van der Waals surface area contributed by atoms with Crippen LogP contribution in [0.15, 0.2) is 4.52 Å². The Morgan fingerprint density at radius 2 is 2.18 bits per heavy atom. The largest absolute Gasteiger partial charge is 0.338 e. The SMILES string of the molecule is CCc1noc(CN(C)CC2CCNCC2)n1. The van der Waals surface area contributed by atoms with Crippen molar-refractivity contribution >= 4 is 0 Å². The number of piperidine rings is 1. The number of nitrogens with one attached hydrogen (secondary N) is 1. The second kappa shape index (κ2) is 6.12. The van der Waals surface area contributed by atoms with E-state index in [2.05, 4.69) is 27.4 Å². The van der Waals surface area contributed by atoms with Crippen LogP contribution >= 0.6 is 0 Å². The lowest BCUT2D eigenvalue weighted by Gasteiger charge is -2.26. The molecule has 5 heteroatoms. The van der Waals surface area contributed by atoms with E-state index in [0.717, 1.165) is 50.2 Å². The molecule has 0 atom stereocenters. The number of nitrogens with zero attached hydrogens (tertiary/aromatic N) is 3. The first-order valence-electron chi connectivity index (χ1n) is 6.48. The molecule has 5 nitrogen and oxygen atoms in total. The van der Waals surface area contributed by atoms with Crippen LogP contribution in [0.25, 0.3) is 0 Å². The number of aromatic nitrogens is 2. The van der Waals surface area contributed by atoms with Crippen LogP contribution in [0.3, 0.4) is 0 Å². The van der Waals surface area contributed by atoms with Crippen LogP contribution in [-0.4, -0.2) is 41.7 Å². The van der Waals surface area contributed by atoms with Crippen molar-refractivity contribution in [3.63, 3.8) is 0 Å². The van der Waals surface area contributed by atoms with Gasteiger partial charge in [0.2, 0.25) is 5.89 Å². The summed E-state index contributed by atoms with van der Waals surface area (Å²) in [7, 11) is 2.12. The molecular weight excluding hydrogens is 216 g/mol. The summed E-state index contributed by atoms with van der Waals surface area (Å²) in [6, 6.07) is 0. The normalized spacial score (nSPS) is 17.8. The van der Waals surface area contributed by atoms with Gasteiger partial charge in [0.25, 0.3) is 0 Å². The topological polar surface area (TPSA) is 54.2 Å². The average molecular weight is 238 g/mol. The van der Waals surface area contributed by atoms with Gasteiger partial charge in [0.1, 0.15) is 0 Å². The highest BCUT2D eigenvalue weighted by atomic mass is 16.5. The van der Waals surface area contributed by atoms with Crippen molar-refractivity contribution < 1.29 is 4.52 Å². The van der Waals surface area contributed by atoms with E-state index in [0.29, 0.717) is 0 Å². The van der Waals surface area contributed by atoms with Crippen LogP contribution in [0.5, 0.6) is 0 Å².